The maximum atomic E-state index is 12.5. The number of nitrogens with one attached hydrogen (secondary N) is 2. The van der Waals surface area contributed by atoms with E-state index in [2.05, 4.69) is 15.2 Å². The van der Waals surface area contributed by atoms with Crippen molar-refractivity contribution in [2.45, 2.75) is 10.8 Å². The molecule has 4 aromatic rings. The minimum atomic E-state index is -3.67. The third-order valence-electron chi connectivity index (χ3n) is 5.50. The van der Waals surface area contributed by atoms with E-state index in [1.54, 1.807) is 53.9 Å². The van der Waals surface area contributed by atoms with Crippen LogP contribution in [0.3, 0.4) is 0 Å². The van der Waals surface area contributed by atoms with Crippen LogP contribution in [0.25, 0.3) is 0 Å². The molecule has 0 bridgehead atoms. The van der Waals surface area contributed by atoms with E-state index in [1.807, 2.05) is 0 Å². The Kier molecular flexibility index (Phi) is 9.15. The SMILES string of the molecule is COC(=O)c1ccc(COc2ccc(C=NNC(=O)c3ccc(NS(=O)(=O)c4cccs4)cc3)cc2OC)cc1. The van der Waals surface area contributed by atoms with Crippen LogP contribution in [0.1, 0.15) is 31.8 Å². The number of esters is 1. The van der Waals surface area contributed by atoms with Crippen LogP contribution in [0, 0.1) is 0 Å². The number of rotatable bonds is 11. The van der Waals surface area contributed by atoms with Gasteiger partial charge in [0.2, 0.25) is 0 Å². The first kappa shape index (κ1) is 28.3. The van der Waals surface area contributed by atoms with E-state index < -0.39 is 21.9 Å². The minimum Gasteiger partial charge on any atom is -0.493 e. The summed E-state index contributed by atoms with van der Waals surface area (Å²) in [6, 6.07) is 21.2. The maximum absolute atomic E-state index is 12.5. The van der Waals surface area contributed by atoms with Gasteiger partial charge in [0.05, 0.1) is 26.0 Å². The molecule has 206 valence electrons. The lowest BCUT2D eigenvalue weighted by Crippen LogP contribution is -2.17. The van der Waals surface area contributed by atoms with E-state index in [9.17, 15) is 18.0 Å². The van der Waals surface area contributed by atoms with Crippen molar-refractivity contribution in [3.8, 4) is 11.5 Å². The number of sulfonamides is 1. The van der Waals surface area contributed by atoms with Crippen molar-refractivity contribution >= 4 is 45.1 Å². The molecule has 2 N–H and O–H groups in total. The molecule has 1 heterocycles. The summed E-state index contributed by atoms with van der Waals surface area (Å²) in [6.07, 6.45) is 1.46. The fraction of sp³-hybridized carbons (Fsp3) is 0.107. The molecule has 10 nitrogen and oxygen atoms in total. The lowest BCUT2D eigenvalue weighted by Gasteiger charge is -2.11. The number of hydrogen-bond donors (Lipinski definition) is 2. The van der Waals surface area contributed by atoms with Gasteiger partial charge in [0.25, 0.3) is 15.9 Å². The van der Waals surface area contributed by atoms with Crippen LogP contribution in [0.15, 0.2) is 93.6 Å². The molecule has 40 heavy (non-hydrogen) atoms. The highest BCUT2D eigenvalue weighted by Crippen LogP contribution is 2.28. The summed E-state index contributed by atoms with van der Waals surface area (Å²) in [6.45, 7) is 0.260. The molecular weight excluding hydrogens is 554 g/mol. The lowest BCUT2D eigenvalue weighted by molar-refractivity contribution is 0.0600. The average Bonchev–Trinajstić information content (AvgIpc) is 3.53. The largest absolute Gasteiger partial charge is 0.493 e. The van der Waals surface area contributed by atoms with Gasteiger partial charge in [-0.25, -0.2) is 18.6 Å². The number of thiophene rings is 1. The molecule has 0 aliphatic carbocycles. The number of hydrogen-bond acceptors (Lipinski definition) is 9. The molecule has 1 amide bonds. The van der Waals surface area contributed by atoms with Crippen molar-refractivity contribution in [1.82, 2.24) is 5.43 Å². The molecule has 0 atom stereocenters. The van der Waals surface area contributed by atoms with E-state index in [4.69, 9.17) is 14.2 Å². The number of anilines is 1. The van der Waals surface area contributed by atoms with Gasteiger partial charge < -0.3 is 14.2 Å². The zero-order chi connectivity index (χ0) is 28.5. The zero-order valence-corrected chi connectivity index (χ0v) is 23.1. The fourth-order valence-corrected chi connectivity index (χ4v) is 5.49. The Morgan fingerprint density at radius 1 is 0.925 bits per heavy atom. The van der Waals surface area contributed by atoms with Crippen molar-refractivity contribution in [3.05, 3.63) is 106 Å². The van der Waals surface area contributed by atoms with Gasteiger partial charge in [-0.3, -0.25) is 9.52 Å². The predicted molar refractivity (Wildman–Crippen MR) is 152 cm³/mol. The van der Waals surface area contributed by atoms with E-state index >= 15 is 0 Å². The normalized spacial score (nSPS) is 11.2. The summed E-state index contributed by atoms with van der Waals surface area (Å²) < 4.78 is 43.3. The van der Waals surface area contributed by atoms with Gasteiger partial charge in [0.15, 0.2) is 11.5 Å². The first-order valence-corrected chi connectivity index (χ1v) is 14.1. The number of carbonyl (C=O) groups excluding carboxylic acids is 2. The summed E-state index contributed by atoms with van der Waals surface area (Å²) in [5, 5.41) is 5.67. The van der Waals surface area contributed by atoms with Crippen LogP contribution in [0.2, 0.25) is 0 Å². The molecule has 3 aromatic carbocycles. The van der Waals surface area contributed by atoms with Gasteiger partial charge in [-0.2, -0.15) is 5.10 Å². The predicted octanol–water partition coefficient (Wildman–Crippen LogP) is 4.69. The first-order valence-electron chi connectivity index (χ1n) is 11.8. The van der Waals surface area contributed by atoms with E-state index in [0.717, 1.165) is 16.9 Å². The lowest BCUT2D eigenvalue weighted by atomic mass is 10.1. The summed E-state index contributed by atoms with van der Waals surface area (Å²) in [7, 11) is -0.827. The number of hydrazone groups is 1. The Bertz CT molecular complexity index is 1600. The summed E-state index contributed by atoms with van der Waals surface area (Å²) in [5.41, 5.74) is 5.05. The smallest absolute Gasteiger partial charge is 0.337 e. The molecule has 4 rings (SSSR count). The molecule has 0 unspecified atom stereocenters. The number of ether oxygens (including phenoxy) is 3. The number of amides is 1. The average molecular weight is 580 g/mol. The minimum absolute atomic E-state index is 0.201. The van der Waals surface area contributed by atoms with Crippen molar-refractivity contribution in [2.24, 2.45) is 5.10 Å². The van der Waals surface area contributed by atoms with Gasteiger partial charge in [-0.05, 0) is 77.2 Å². The van der Waals surface area contributed by atoms with Crippen molar-refractivity contribution in [2.75, 3.05) is 18.9 Å². The van der Waals surface area contributed by atoms with Gasteiger partial charge in [-0.15, -0.1) is 11.3 Å². The topological polar surface area (TPSA) is 132 Å². The number of methoxy groups -OCH3 is 2. The number of benzene rings is 3. The second-order valence-electron chi connectivity index (χ2n) is 8.20. The van der Waals surface area contributed by atoms with Gasteiger partial charge >= 0.3 is 5.97 Å². The highest BCUT2D eigenvalue weighted by atomic mass is 32.2. The molecule has 0 aliphatic heterocycles. The molecule has 0 saturated heterocycles. The van der Waals surface area contributed by atoms with Crippen molar-refractivity contribution in [1.29, 1.82) is 0 Å². The van der Waals surface area contributed by atoms with Crippen LogP contribution in [0.4, 0.5) is 5.69 Å². The third kappa shape index (κ3) is 7.24. The Balaban J connectivity index is 1.32. The molecule has 12 heteroatoms. The molecule has 0 aliphatic rings. The monoisotopic (exact) mass is 579 g/mol. The second-order valence-corrected chi connectivity index (χ2v) is 11.1. The van der Waals surface area contributed by atoms with Crippen LogP contribution < -0.4 is 19.6 Å². The highest BCUT2D eigenvalue weighted by molar-refractivity contribution is 7.94. The highest BCUT2D eigenvalue weighted by Gasteiger charge is 2.15. The molecule has 0 saturated carbocycles. The summed E-state index contributed by atoms with van der Waals surface area (Å²) >= 11 is 1.11. The molecule has 0 spiro atoms. The van der Waals surface area contributed by atoms with Crippen LogP contribution >= 0.6 is 11.3 Å². The van der Waals surface area contributed by atoms with Crippen LogP contribution in [-0.2, 0) is 21.4 Å². The van der Waals surface area contributed by atoms with Crippen molar-refractivity contribution in [3.63, 3.8) is 0 Å². The number of nitrogens with zero attached hydrogens (tertiary/aromatic N) is 1. The molecule has 0 radical (unpaired) electrons. The Hall–Kier alpha value is -4.68. The fourth-order valence-electron chi connectivity index (χ4n) is 3.44. The molecule has 0 fully saturated rings. The Labute approximate surface area is 235 Å². The van der Waals surface area contributed by atoms with Crippen molar-refractivity contribution < 1.29 is 32.2 Å². The van der Waals surface area contributed by atoms with E-state index in [-0.39, 0.29) is 10.8 Å². The third-order valence-corrected chi connectivity index (χ3v) is 8.27. The standard InChI is InChI=1S/C28H25N3O7S2/c1-36-25-16-20(7-14-24(25)38-18-19-5-8-22(9-6-19)28(33)37-2)17-29-30-27(32)21-10-12-23(13-11-21)31-40(34,35)26-4-3-15-39-26/h3-17,31H,18H2,1-2H3,(H,30,32). The zero-order valence-electron chi connectivity index (χ0n) is 21.5. The van der Waals surface area contributed by atoms with E-state index in [0.29, 0.717) is 33.9 Å². The first-order chi connectivity index (χ1) is 19.3. The van der Waals surface area contributed by atoms with E-state index in [1.165, 1.54) is 50.8 Å². The summed E-state index contributed by atoms with van der Waals surface area (Å²) in [4.78, 5) is 24.0. The van der Waals surface area contributed by atoms with Gasteiger partial charge in [0.1, 0.15) is 10.8 Å². The van der Waals surface area contributed by atoms with Gasteiger partial charge in [-0.1, -0.05) is 18.2 Å². The molecular formula is C28H25N3O7S2. The second kappa shape index (κ2) is 12.9. The number of carbonyl (C=O) groups is 2. The Morgan fingerprint density at radius 3 is 2.30 bits per heavy atom. The van der Waals surface area contributed by atoms with Crippen LogP contribution in [0.5, 0.6) is 11.5 Å². The quantitative estimate of drug-likeness (QED) is 0.150. The Morgan fingerprint density at radius 2 is 1.65 bits per heavy atom. The van der Waals surface area contributed by atoms with Gasteiger partial charge in [0, 0.05) is 11.3 Å². The summed E-state index contributed by atoms with van der Waals surface area (Å²) in [5.74, 6) is 0.113. The maximum Gasteiger partial charge on any atom is 0.337 e. The molecule has 1 aromatic heterocycles. The van der Waals surface area contributed by atoms with Crippen LogP contribution in [-0.4, -0.2) is 40.7 Å².